The van der Waals surface area contributed by atoms with Crippen LogP contribution in [0.1, 0.15) is 31.2 Å². The van der Waals surface area contributed by atoms with Crippen molar-refractivity contribution in [3.8, 4) is 0 Å². The molecule has 1 N–H and O–H groups in total. The van der Waals surface area contributed by atoms with Gasteiger partial charge in [0.25, 0.3) is 0 Å². The first-order valence-electron chi connectivity index (χ1n) is 6.76. The van der Waals surface area contributed by atoms with E-state index in [9.17, 15) is 0 Å². The average molecular weight is 259 g/mol. The van der Waals surface area contributed by atoms with Crippen LogP contribution in [-0.2, 0) is 0 Å². The standard InChI is InChI=1S/C14H17N3S/c1-8-6-18-13-12(8)15-7-16-14(13)17-11-5-9-2-3-10(11)4-9/h6-7,9-11H,2-5H2,1H3,(H,15,16,17). The van der Waals surface area contributed by atoms with E-state index in [4.69, 9.17) is 0 Å². The zero-order valence-corrected chi connectivity index (χ0v) is 11.3. The molecule has 2 aromatic heterocycles. The molecule has 3 unspecified atom stereocenters. The minimum Gasteiger partial charge on any atom is -0.366 e. The summed E-state index contributed by atoms with van der Waals surface area (Å²) in [6.07, 6.45) is 7.30. The summed E-state index contributed by atoms with van der Waals surface area (Å²) in [4.78, 5) is 8.84. The Bertz CT molecular complexity index is 592. The number of nitrogens with zero attached hydrogens (tertiary/aromatic N) is 2. The van der Waals surface area contributed by atoms with E-state index in [1.807, 2.05) is 0 Å². The summed E-state index contributed by atoms with van der Waals surface area (Å²) in [6, 6.07) is 0.643. The fourth-order valence-corrected chi connectivity index (χ4v) is 4.62. The fraction of sp³-hybridized carbons (Fsp3) is 0.571. The van der Waals surface area contributed by atoms with Crippen LogP contribution in [0.2, 0.25) is 0 Å². The van der Waals surface area contributed by atoms with E-state index >= 15 is 0 Å². The number of nitrogens with one attached hydrogen (secondary N) is 1. The van der Waals surface area contributed by atoms with Gasteiger partial charge in [0, 0.05) is 6.04 Å². The molecule has 0 amide bonds. The lowest BCUT2D eigenvalue weighted by atomic mass is 9.95. The quantitative estimate of drug-likeness (QED) is 0.895. The maximum atomic E-state index is 4.46. The van der Waals surface area contributed by atoms with Crippen LogP contribution in [0.5, 0.6) is 0 Å². The zero-order chi connectivity index (χ0) is 12.1. The Morgan fingerprint density at radius 3 is 3.00 bits per heavy atom. The maximum absolute atomic E-state index is 4.46. The highest BCUT2D eigenvalue weighted by atomic mass is 32.1. The first kappa shape index (κ1) is 10.7. The molecular formula is C14H17N3S. The van der Waals surface area contributed by atoms with Gasteiger partial charge in [-0.1, -0.05) is 6.42 Å². The molecule has 0 spiro atoms. The lowest BCUT2D eigenvalue weighted by Crippen LogP contribution is -2.26. The maximum Gasteiger partial charge on any atom is 0.147 e. The summed E-state index contributed by atoms with van der Waals surface area (Å²) in [5, 5.41) is 5.86. The molecule has 0 radical (unpaired) electrons. The Morgan fingerprint density at radius 1 is 1.28 bits per heavy atom. The van der Waals surface area contributed by atoms with Crippen LogP contribution in [0.3, 0.4) is 0 Å². The molecule has 4 rings (SSSR count). The van der Waals surface area contributed by atoms with Crippen molar-refractivity contribution in [3.63, 3.8) is 0 Å². The molecule has 2 aromatic rings. The van der Waals surface area contributed by atoms with Crippen LogP contribution in [0.4, 0.5) is 5.82 Å². The molecule has 4 heteroatoms. The molecule has 2 aliphatic rings. The second kappa shape index (κ2) is 3.92. The Labute approximate surface area is 111 Å². The second-order valence-electron chi connectivity index (χ2n) is 5.74. The summed E-state index contributed by atoms with van der Waals surface area (Å²) in [5.41, 5.74) is 2.37. The van der Waals surface area contributed by atoms with E-state index in [0.29, 0.717) is 6.04 Å². The smallest absolute Gasteiger partial charge is 0.147 e. The summed E-state index contributed by atoms with van der Waals surface area (Å²) < 4.78 is 1.22. The molecule has 94 valence electrons. The van der Waals surface area contributed by atoms with Crippen molar-refractivity contribution in [1.82, 2.24) is 9.97 Å². The first-order chi connectivity index (χ1) is 8.81. The monoisotopic (exact) mass is 259 g/mol. The van der Waals surface area contributed by atoms with E-state index in [1.165, 1.54) is 35.9 Å². The molecule has 3 atom stereocenters. The highest BCUT2D eigenvalue weighted by Gasteiger charge is 2.39. The van der Waals surface area contributed by atoms with Crippen molar-refractivity contribution in [1.29, 1.82) is 0 Å². The second-order valence-corrected chi connectivity index (χ2v) is 6.62. The summed E-state index contributed by atoms with van der Waals surface area (Å²) in [6.45, 7) is 2.12. The Kier molecular flexibility index (Phi) is 2.34. The number of aryl methyl sites for hydroxylation is 1. The molecule has 3 nitrogen and oxygen atoms in total. The molecule has 2 fully saturated rings. The Hall–Kier alpha value is -1.16. The normalized spacial score (nSPS) is 30.2. The van der Waals surface area contributed by atoms with Crippen molar-refractivity contribution >= 4 is 27.4 Å². The molecule has 18 heavy (non-hydrogen) atoms. The molecule has 2 saturated carbocycles. The van der Waals surface area contributed by atoms with Crippen LogP contribution in [0.15, 0.2) is 11.7 Å². The van der Waals surface area contributed by atoms with Crippen molar-refractivity contribution in [3.05, 3.63) is 17.3 Å². The Balaban J connectivity index is 1.67. The third-order valence-corrected chi connectivity index (χ3v) is 5.68. The number of fused-ring (bicyclic) bond motifs is 3. The molecular weight excluding hydrogens is 242 g/mol. The molecule has 0 saturated heterocycles. The zero-order valence-electron chi connectivity index (χ0n) is 10.5. The van der Waals surface area contributed by atoms with Crippen molar-refractivity contribution in [2.75, 3.05) is 5.32 Å². The van der Waals surface area contributed by atoms with Crippen molar-refractivity contribution < 1.29 is 0 Å². The summed E-state index contributed by atoms with van der Waals surface area (Å²) >= 11 is 1.76. The van der Waals surface area contributed by atoms with Gasteiger partial charge in [0.1, 0.15) is 12.1 Å². The summed E-state index contributed by atoms with van der Waals surface area (Å²) in [5.74, 6) is 2.90. The number of aromatic nitrogens is 2. The van der Waals surface area contributed by atoms with Gasteiger partial charge >= 0.3 is 0 Å². The van der Waals surface area contributed by atoms with Gasteiger partial charge in [0.15, 0.2) is 0 Å². The molecule has 0 aromatic carbocycles. The van der Waals surface area contributed by atoms with E-state index in [-0.39, 0.29) is 0 Å². The minimum absolute atomic E-state index is 0.643. The van der Waals surface area contributed by atoms with Crippen molar-refractivity contribution in [2.45, 2.75) is 38.6 Å². The van der Waals surface area contributed by atoms with Crippen LogP contribution in [0.25, 0.3) is 10.2 Å². The van der Waals surface area contributed by atoms with E-state index in [0.717, 1.165) is 23.2 Å². The number of rotatable bonds is 2. The van der Waals surface area contributed by atoms with Crippen LogP contribution in [-0.4, -0.2) is 16.0 Å². The highest BCUT2D eigenvalue weighted by molar-refractivity contribution is 7.18. The van der Waals surface area contributed by atoms with Gasteiger partial charge in [-0.3, -0.25) is 0 Å². The number of anilines is 1. The highest BCUT2D eigenvalue weighted by Crippen LogP contribution is 2.46. The number of hydrogen-bond acceptors (Lipinski definition) is 4. The van der Waals surface area contributed by atoms with Crippen LogP contribution >= 0.6 is 11.3 Å². The van der Waals surface area contributed by atoms with Gasteiger partial charge < -0.3 is 5.32 Å². The minimum atomic E-state index is 0.643. The SMILES string of the molecule is Cc1csc2c(NC3CC4CCC3C4)ncnc12. The lowest BCUT2D eigenvalue weighted by molar-refractivity contribution is 0.439. The largest absolute Gasteiger partial charge is 0.366 e. The summed E-state index contributed by atoms with van der Waals surface area (Å²) in [7, 11) is 0. The molecule has 2 bridgehead atoms. The van der Waals surface area contributed by atoms with Crippen LogP contribution in [0, 0.1) is 18.8 Å². The van der Waals surface area contributed by atoms with Gasteiger partial charge in [-0.05, 0) is 49.0 Å². The van der Waals surface area contributed by atoms with Crippen LogP contribution < -0.4 is 5.32 Å². The van der Waals surface area contributed by atoms with Gasteiger partial charge in [-0.2, -0.15) is 0 Å². The average Bonchev–Trinajstić information content (AvgIpc) is 3.06. The van der Waals surface area contributed by atoms with E-state index < -0.39 is 0 Å². The number of thiophene rings is 1. The molecule has 2 heterocycles. The molecule has 2 aliphatic carbocycles. The van der Waals surface area contributed by atoms with E-state index in [1.54, 1.807) is 17.7 Å². The van der Waals surface area contributed by atoms with Gasteiger partial charge in [-0.25, -0.2) is 9.97 Å². The predicted octanol–water partition coefficient (Wildman–Crippen LogP) is 3.60. The number of hydrogen-bond donors (Lipinski definition) is 1. The predicted molar refractivity (Wildman–Crippen MR) is 75.0 cm³/mol. The third-order valence-electron chi connectivity index (χ3n) is 4.59. The van der Waals surface area contributed by atoms with Crippen molar-refractivity contribution in [2.24, 2.45) is 11.8 Å². The van der Waals surface area contributed by atoms with Gasteiger partial charge in [-0.15, -0.1) is 11.3 Å². The lowest BCUT2D eigenvalue weighted by Gasteiger charge is -2.23. The van der Waals surface area contributed by atoms with Gasteiger partial charge in [0.05, 0.1) is 10.2 Å². The fourth-order valence-electron chi connectivity index (χ4n) is 3.67. The van der Waals surface area contributed by atoms with E-state index in [2.05, 4.69) is 27.6 Å². The first-order valence-corrected chi connectivity index (χ1v) is 7.64. The molecule has 0 aliphatic heterocycles. The third kappa shape index (κ3) is 1.55. The van der Waals surface area contributed by atoms with Gasteiger partial charge in [0.2, 0.25) is 0 Å². The topological polar surface area (TPSA) is 37.8 Å². The Morgan fingerprint density at radius 2 is 2.22 bits per heavy atom.